The van der Waals surface area contributed by atoms with Crippen LogP contribution in [0.15, 0.2) is 193 Å². The Hall–Kier alpha value is -7.88. The molecule has 0 N–H and O–H groups in total. The van der Waals surface area contributed by atoms with E-state index < -0.39 is 0 Å². The summed E-state index contributed by atoms with van der Waals surface area (Å²) < 4.78 is 6.43. The van der Waals surface area contributed by atoms with E-state index in [0.29, 0.717) is 0 Å². The fourth-order valence-corrected chi connectivity index (χ4v) is 11.8. The summed E-state index contributed by atoms with van der Waals surface area (Å²) in [5.74, 6) is 1.96. The Morgan fingerprint density at radius 1 is 0.508 bits per heavy atom. The van der Waals surface area contributed by atoms with Gasteiger partial charge in [0, 0.05) is 40.7 Å². The van der Waals surface area contributed by atoms with Crippen LogP contribution in [0.1, 0.15) is 60.1 Å². The molecule has 0 aromatic heterocycles. The van der Waals surface area contributed by atoms with Crippen molar-refractivity contribution in [3.8, 4) is 16.9 Å². The number of hydrogen-bond donors (Lipinski definition) is 0. The Bertz CT molecular complexity index is 3710. The number of ether oxygens (including phenoxy) is 1. The van der Waals surface area contributed by atoms with Crippen molar-refractivity contribution in [2.75, 3.05) is 9.80 Å². The first kappa shape index (κ1) is 36.6. The van der Waals surface area contributed by atoms with Crippen molar-refractivity contribution in [1.82, 2.24) is 0 Å². The minimum Gasteiger partial charge on any atom is -0.457 e. The van der Waals surface area contributed by atoms with Crippen molar-refractivity contribution in [3.05, 3.63) is 227 Å². The quantitative estimate of drug-likeness (QED) is 0.0998. The highest BCUT2D eigenvalue weighted by molar-refractivity contribution is 6.35. The second-order valence-electron chi connectivity index (χ2n) is 18.7. The number of para-hydroxylation sites is 4. The zero-order chi connectivity index (χ0) is 43.0. The average Bonchev–Trinajstić information content (AvgIpc) is 3.57. The summed E-state index contributed by atoms with van der Waals surface area (Å²) in [6.07, 6.45) is 12.0. The summed E-state index contributed by atoms with van der Waals surface area (Å²) in [6.45, 7) is 4.76. The standard InChI is InChI=1S/C62H44N2O/c1-62(2)51-35-38(26-30-44(51)45-32-29-42(37-52(45)62)63-56-21-7-9-23-58(56)65-59-24-10-8-22-57(59)63)25-27-39-28-31-48-47-17-12-18-50-55(34-33-49(61(47)50)46-16-11-15-43(39)60(46)48)64-53-19-5-3-13-40(53)36-41-14-4-6-20-54(41)64/h3-9,11-23,25-35,37H,10,24,36H2,1-2H3/b27-25+. The molecule has 2 heterocycles. The van der Waals surface area contributed by atoms with Crippen LogP contribution in [0.2, 0.25) is 0 Å². The molecule has 2 aliphatic heterocycles. The number of allylic oxidation sites excluding steroid dienone is 3. The fourth-order valence-electron chi connectivity index (χ4n) is 11.8. The Labute approximate surface area is 378 Å². The van der Waals surface area contributed by atoms with E-state index in [4.69, 9.17) is 4.74 Å². The molecule has 0 amide bonds. The van der Waals surface area contributed by atoms with Gasteiger partial charge in [-0.1, -0.05) is 159 Å². The Morgan fingerprint density at radius 2 is 1.14 bits per heavy atom. The van der Waals surface area contributed by atoms with Crippen LogP contribution in [-0.2, 0) is 11.8 Å². The lowest BCUT2D eigenvalue weighted by atomic mass is 9.81. The van der Waals surface area contributed by atoms with Crippen molar-refractivity contribution >= 4 is 83.7 Å². The zero-order valence-electron chi connectivity index (χ0n) is 36.4. The summed E-state index contributed by atoms with van der Waals surface area (Å²) in [5.41, 5.74) is 17.4. The van der Waals surface area contributed by atoms with Gasteiger partial charge in [-0.25, -0.2) is 0 Å². The molecule has 0 unspecified atom stereocenters. The summed E-state index contributed by atoms with van der Waals surface area (Å²) in [5, 5.41) is 10.4. The predicted octanol–water partition coefficient (Wildman–Crippen LogP) is 16.7. The van der Waals surface area contributed by atoms with E-state index in [2.05, 4.69) is 218 Å². The average molecular weight is 833 g/mol. The minimum atomic E-state index is -0.175. The molecule has 0 radical (unpaired) electrons. The number of fused-ring (bicyclic) bond motifs is 8. The fraction of sp³-hybridized carbons (Fsp3) is 0.0968. The highest BCUT2D eigenvalue weighted by atomic mass is 16.5. The maximum Gasteiger partial charge on any atom is 0.151 e. The maximum absolute atomic E-state index is 6.43. The van der Waals surface area contributed by atoms with Crippen LogP contribution in [0, 0.1) is 0 Å². The molecule has 0 bridgehead atoms. The summed E-state index contributed by atoms with van der Waals surface area (Å²) in [6, 6.07) is 63.4. The molecule has 65 heavy (non-hydrogen) atoms. The lowest BCUT2D eigenvalue weighted by Crippen LogP contribution is -2.25. The molecule has 308 valence electrons. The highest BCUT2D eigenvalue weighted by Crippen LogP contribution is 2.53. The Kier molecular flexibility index (Phi) is 7.63. The van der Waals surface area contributed by atoms with E-state index in [0.717, 1.165) is 42.2 Å². The van der Waals surface area contributed by atoms with Gasteiger partial charge in [0.05, 0.1) is 17.1 Å². The molecular weight excluding hydrogens is 789 g/mol. The molecule has 0 saturated heterocycles. The van der Waals surface area contributed by atoms with E-state index in [1.165, 1.54) is 110 Å². The molecular formula is C62H44N2O. The van der Waals surface area contributed by atoms with Gasteiger partial charge in [-0.2, -0.15) is 0 Å². The smallest absolute Gasteiger partial charge is 0.151 e. The van der Waals surface area contributed by atoms with E-state index >= 15 is 0 Å². The first-order valence-electron chi connectivity index (χ1n) is 23.0. The predicted molar refractivity (Wildman–Crippen MR) is 273 cm³/mol. The van der Waals surface area contributed by atoms with Gasteiger partial charge in [-0.05, 0) is 137 Å². The van der Waals surface area contributed by atoms with Crippen LogP contribution < -0.4 is 14.5 Å². The van der Waals surface area contributed by atoms with Gasteiger partial charge in [-0.15, -0.1) is 0 Å². The van der Waals surface area contributed by atoms with Crippen LogP contribution in [0.4, 0.5) is 28.4 Å². The lowest BCUT2D eigenvalue weighted by Gasteiger charge is -2.35. The number of benzene rings is 10. The molecule has 0 atom stereocenters. The van der Waals surface area contributed by atoms with Crippen molar-refractivity contribution in [2.45, 2.75) is 38.5 Å². The molecule has 14 rings (SSSR count). The van der Waals surface area contributed by atoms with Gasteiger partial charge in [0.15, 0.2) is 5.75 Å². The Balaban J connectivity index is 0.841. The summed E-state index contributed by atoms with van der Waals surface area (Å²) in [4.78, 5) is 4.88. The van der Waals surface area contributed by atoms with Crippen LogP contribution in [0.5, 0.6) is 5.75 Å². The van der Waals surface area contributed by atoms with Gasteiger partial charge in [-0.3, -0.25) is 0 Å². The first-order valence-corrected chi connectivity index (χ1v) is 23.0. The van der Waals surface area contributed by atoms with Gasteiger partial charge in [0.25, 0.3) is 0 Å². The SMILES string of the molecule is CC1(C)c2cc(/C=C/c3ccc4c5cccc6c(N7c8ccccc8Cc8ccccc87)ccc(c7cccc3c47)c65)ccc2-c2ccc(N3C4=C(CCC=C4)Oc4ccccc43)cc21. The van der Waals surface area contributed by atoms with Crippen molar-refractivity contribution in [2.24, 2.45) is 0 Å². The third kappa shape index (κ3) is 5.24. The van der Waals surface area contributed by atoms with Crippen molar-refractivity contribution in [1.29, 1.82) is 0 Å². The largest absolute Gasteiger partial charge is 0.457 e. The summed E-state index contributed by atoms with van der Waals surface area (Å²) >= 11 is 0. The molecule has 3 nitrogen and oxygen atoms in total. The van der Waals surface area contributed by atoms with Gasteiger partial charge < -0.3 is 14.5 Å². The second-order valence-corrected chi connectivity index (χ2v) is 18.7. The highest BCUT2D eigenvalue weighted by Gasteiger charge is 2.37. The molecule has 10 aromatic rings. The molecule has 4 aliphatic rings. The van der Waals surface area contributed by atoms with E-state index in [-0.39, 0.29) is 5.41 Å². The zero-order valence-corrected chi connectivity index (χ0v) is 36.4. The first-order chi connectivity index (χ1) is 32.0. The second kappa shape index (κ2) is 13.6. The monoisotopic (exact) mass is 832 g/mol. The third-order valence-corrected chi connectivity index (χ3v) is 14.8. The molecule has 0 spiro atoms. The molecule has 10 aromatic carbocycles. The molecule has 3 heteroatoms. The third-order valence-electron chi connectivity index (χ3n) is 14.8. The molecule has 0 saturated carbocycles. The van der Waals surface area contributed by atoms with Gasteiger partial charge >= 0.3 is 0 Å². The number of anilines is 5. The van der Waals surface area contributed by atoms with Gasteiger partial charge in [0.2, 0.25) is 0 Å². The van der Waals surface area contributed by atoms with E-state index in [1.807, 2.05) is 0 Å². The van der Waals surface area contributed by atoms with Crippen LogP contribution in [0.3, 0.4) is 0 Å². The van der Waals surface area contributed by atoms with Crippen LogP contribution >= 0.6 is 0 Å². The van der Waals surface area contributed by atoms with E-state index in [1.54, 1.807) is 0 Å². The molecule has 0 fully saturated rings. The normalized spacial score (nSPS) is 15.7. The maximum atomic E-state index is 6.43. The van der Waals surface area contributed by atoms with Crippen molar-refractivity contribution in [3.63, 3.8) is 0 Å². The minimum absolute atomic E-state index is 0.175. The number of hydrogen-bond acceptors (Lipinski definition) is 3. The Morgan fingerprint density at radius 3 is 1.92 bits per heavy atom. The topological polar surface area (TPSA) is 15.7 Å². The van der Waals surface area contributed by atoms with Crippen molar-refractivity contribution < 1.29 is 4.74 Å². The van der Waals surface area contributed by atoms with Crippen LogP contribution in [-0.4, -0.2) is 0 Å². The summed E-state index contributed by atoms with van der Waals surface area (Å²) in [7, 11) is 0. The van der Waals surface area contributed by atoms with Crippen LogP contribution in [0.25, 0.3) is 66.4 Å². The molecule has 2 aliphatic carbocycles. The number of nitrogens with zero attached hydrogens (tertiary/aromatic N) is 2. The van der Waals surface area contributed by atoms with Gasteiger partial charge in [0.1, 0.15) is 5.76 Å². The number of rotatable bonds is 4. The lowest BCUT2D eigenvalue weighted by molar-refractivity contribution is 0.388. The van der Waals surface area contributed by atoms with E-state index in [9.17, 15) is 0 Å².